The van der Waals surface area contributed by atoms with Crippen LogP contribution in [0.1, 0.15) is 31.3 Å². The molecule has 0 unspecified atom stereocenters. The fourth-order valence-electron chi connectivity index (χ4n) is 2.57. The van der Waals surface area contributed by atoms with E-state index >= 15 is 0 Å². The Morgan fingerprint density at radius 2 is 2.05 bits per heavy atom. The summed E-state index contributed by atoms with van der Waals surface area (Å²) in [4.78, 5) is 2.46. The number of aryl methyl sites for hydroxylation is 1. The van der Waals surface area contributed by atoms with Gasteiger partial charge in [0.05, 0.1) is 6.54 Å². The van der Waals surface area contributed by atoms with Gasteiger partial charge in [-0.15, -0.1) is 0 Å². The molecule has 0 spiro atoms. The lowest BCUT2D eigenvalue weighted by Crippen LogP contribution is -2.43. The maximum Gasteiger partial charge on any atom is 0.244 e. The highest BCUT2D eigenvalue weighted by Crippen LogP contribution is 2.30. The van der Waals surface area contributed by atoms with Gasteiger partial charge in [0.25, 0.3) is 0 Å². The number of hydrogen-bond acceptors (Lipinski definition) is 5. The van der Waals surface area contributed by atoms with E-state index in [0.29, 0.717) is 18.1 Å². The Morgan fingerprint density at radius 3 is 2.57 bits per heavy atom. The first kappa shape index (κ1) is 16.5. The molecule has 0 bridgehead atoms. The van der Waals surface area contributed by atoms with Gasteiger partial charge < -0.3 is 15.1 Å². The first-order chi connectivity index (χ1) is 9.76. The number of piperidine rings is 1. The second kappa shape index (κ2) is 6.08. The maximum atomic E-state index is 12.4. The minimum absolute atomic E-state index is 0.00786. The molecule has 6 nitrogen and oxygen atoms in total. The summed E-state index contributed by atoms with van der Waals surface area (Å²) in [6, 6.07) is 1.51. The van der Waals surface area contributed by atoms with Crippen LogP contribution in [0.3, 0.4) is 0 Å². The highest BCUT2D eigenvalue weighted by Gasteiger charge is 2.31. The number of hydrogen-bond donors (Lipinski definition) is 2. The molecular weight excluding hydrogens is 290 g/mol. The number of rotatable bonds is 5. The summed E-state index contributed by atoms with van der Waals surface area (Å²) in [6.45, 7) is 6.42. The molecule has 1 aromatic heterocycles. The Balaban J connectivity index is 2.06. The molecule has 21 heavy (non-hydrogen) atoms. The Labute approximate surface area is 126 Å². The molecule has 7 heteroatoms. The number of nitrogens with one attached hydrogen (secondary N) is 1. The summed E-state index contributed by atoms with van der Waals surface area (Å²) in [5.41, 5.74) is 5.49. The monoisotopic (exact) mass is 315 g/mol. The van der Waals surface area contributed by atoms with E-state index in [4.69, 9.17) is 10.2 Å². The van der Waals surface area contributed by atoms with Gasteiger partial charge >= 0.3 is 0 Å². The third-order valence-corrected chi connectivity index (χ3v) is 5.81. The molecule has 0 aliphatic carbocycles. The average Bonchev–Trinajstić information content (AvgIpc) is 2.83. The zero-order chi connectivity index (χ0) is 15.7. The third kappa shape index (κ3) is 3.85. The van der Waals surface area contributed by atoms with Crippen molar-refractivity contribution in [2.24, 2.45) is 11.1 Å². The van der Waals surface area contributed by atoms with Gasteiger partial charge in [0.2, 0.25) is 10.0 Å². The SMILES string of the molecule is Cc1oc(CN)cc1S(=O)(=O)NCC1(C)CCN(C)CC1. The molecule has 3 N–H and O–H groups in total. The van der Waals surface area contributed by atoms with E-state index in [1.54, 1.807) is 6.92 Å². The van der Waals surface area contributed by atoms with Gasteiger partial charge in [-0.1, -0.05) is 6.92 Å². The highest BCUT2D eigenvalue weighted by atomic mass is 32.2. The lowest BCUT2D eigenvalue weighted by molar-refractivity contribution is 0.143. The highest BCUT2D eigenvalue weighted by molar-refractivity contribution is 7.89. The lowest BCUT2D eigenvalue weighted by Gasteiger charge is -2.37. The van der Waals surface area contributed by atoms with Crippen molar-refractivity contribution >= 4 is 10.0 Å². The molecular formula is C14H25N3O3S. The first-order valence-corrected chi connectivity index (χ1v) is 8.72. The number of nitrogens with two attached hydrogens (primary N) is 1. The molecule has 1 aliphatic heterocycles. The summed E-state index contributed by atoms with van der Waals surface area (Å²) in [5, 5.41) is 0. The van der Waals surface area contributed by atoms with Crippen LogP contribution in [0.25, 0.3) is 0 Å². The second-order valence-corrected chi connectivity index (χ2v) is 8.01. The van der Waals surface area contributed by atoms with Gasteiger partial charge in [-0.2, -0.15) is 0 Å². The molecule has 1 saturated heterocycles. The van der Waals surface area contributed by atoms with Gasteiger partial charge in [0.15, 0.2) is 0 Å². The Bertz CT molecular complexity index is 587. The molecule has 0 aromatic carbocycles. The van der Waals surface area contributed by atoms with Crippen molar-refractivity contribution in [3.63, 3.8) is 0 Å². The fourth-order valence-corrected chi connectivity index (χ4v) is 3.97. The quantitative estimate of drug-likeness (QED) is 0.848. The van der Waals surface area contributed by atoms with Gasteiger partial charge in [0.1, 0.15) is 16.4 Å². The third-order valence-electron chi connectivity index (χ3n) is 4.30. The topological polar surface area (TPSA) is 88.6 Å². The Morgan fingerprint density at radius 1 is 1.43 bits per heavy atom. The van der Waals surface area contributed by atoms with Crippen molar-refractivity contribution < 1.29 is 12.8 Å². The molecule has 1 aromatic rings. The summed E-state index contributed by atoms with van der Waals surface area (Å²) in [6.07, 6.45) is 1.98. The number of sulfonamides is 1. The molecule has 1 aliphatic rings. The van der Waals surface area contributed by atoms with E-state index in [1.165, 1.54) is 6.07 Å². The molecule has 2 rings (SSSR count). The first-order valence-electron chi connectivity index (χ1n) is 7.23. The zero-order valence-electron chi connectivity index (χ0n) is 13.0. The van der Waals surface area contributed by atoms with E-state index < -0.39 is 10.0 Å². The van der Waals surface area contributed by atoms with Crippen molar-refractivity contribution in [2.45, 2.75) is 38.1 Å². The van der Waals surface area contributed by atoms with Crippen molar-refractivity contribution in [2.75, 3.05) is 26.7 Å². The molecule has 0 amide bonds. The van der Waals surface area contributed by atoms with Crippen LogP contribution in [0.2, 0.25) is 0 Å². The van der Waals surface area contributed by atoms with Crippen molar-refractivity contribution in [1.29, 1.82) is 0 Å². The van der Waals surface area contributed by atoms with Crippen LogP contribution in [0.15, 0.2) is 15.4 Å². The van der Waals surface area contributed by atoms with Crippen molar-refractivity contribution in [3.05, 3.63) is 17.6 Å². The van der Waals surface area contributed by atoms with Crippen LogP contribution < -0.4 is 10.5 Å². The minimum atomic E-state index is -3.54. The Kier molecular flexibility index (Phi) is 4.77. The van der Waals surface area contributed by atoms with Crippen LogP contribution in [-0.4, -0.2) is 40.0 Å². The number of likely N-dealkylation sites (tertiary alicyclic amines) is 1. The maximum absolute atomic E-state index is 12.4. The molecule has 0 atom stereocenters. The van der Waals surface area contributed by atoms with Gasteiger partial charge in [-0.05, 0) is 45.3 Å². The summed E-state index contributed by atoms with van der Waals surface area (Å²) in [5.74, 6) is 0.870. The molecule has 120 valence electrons. The molecule has 2 heterocycles. The molecule has 0 saturated carbocycles. The Hall–Kier alpha value is -0.890. The largest absolute Gasteiger partial charge is 0.464 e. The normalized spacial score (nSPS) is 19.8. The van der Waals surface area contributed by atoms with Crippen LogP contribution in [0.5, 0.6) is 0 Å². The predicted molar refractivity (Wildman–Crippen MR) is 81.4 cm³/mol. The van der Waals surface area contributed by atoms with E-state index in [-0.39, 0.29) is 16.9 Å². The summed E-state index contributed by atoms with van der Waals surface area (Å²) in [7, 11) is -1.45. The summed E-state index contributed by atoms with van der Waals surface area (Å²) >= 11 is 0. The standard InChI is InChI=1S/C14H25N3O3S/c1-11-13(8-12(9-15)20-11)21(18,19)16-10-14(2)4-6-17(3)7-5-14/h8,16H,4-7,9-10,15H2,1-3H3. The molecule has 0 radical (unpaired) electrons. The zero-order valence-corrected chi connectivity index (χ0v) is 13.8. The van der Waals surface area contributed by atoms with Crippen LogP contribution in [-0.2, 0) is 16.6 Å². The van der Waals surface area contributed by atoms with Crippen molar-refractivity contribution in [1.82, 2.24) is 9.62 Å². The van der Waals surface area contributed by atoms with Gasteiger partial charge in [-0.25, -0.2) is 13.1 Å². The van der Waals surface area contributed by atoms with Crippen LogP contribution >= 0.6 is 0 Å². The smallest absolute Gasteiger partial charge is 0.244 e. The lowest BCUT2D eigenvalue weighted by atomic mass is 9.81. The average molecular weight is 315 g/mol. The van der Waals surface area contributed by atoms with E-state index in [1.807, 2.05) is 0 Å². The van der Waals surface area contributed by atoms with Crippen LogP contribution in [0, 0.1) is 12.3 Å². The van der Waals surface area contributed by atoms with Crippen LogP contribution in [0.4, 0.5) is 0 Å². The van der Waals surface area contributed by atoms with E-state index in [2.05, 4.69) is 23.6 Å². The molecule has 1 fully saturated rings. The van der Waals surface area contributed by atoms with Gasteiger partial charge in [-0.3, -0.25) is 0 Å². The van der Waals surface area contributed by atoms with Crippen molar-refractivity contribution in [3.8, 4) is 0 Å². The van der Waals surface area contributed by atoms with E-state index in [9.17, 15) is 8.42 Å². The number of nitrogens with zero attached hydrogens (tertiary/aromatic N) is 1. The fraction of sp³-hybridized carbons (Fsp3) is 0.714. The van der Waals surface area contributed by atoms with E-state index in [0.717, 1.165) is 25.9 Å². The second-order valence-electron chi connectivity index (χ2n) is 6.28. The minimum Gasteiger partial charge on any atom is -0.464 e. The number of furan rings is 1. The van der Waals surface area contributed by atoms with Gasteiger partial charge in [0, 0.05) is 12.6 Å². The predicted octanol–water partition coefficient (Wildman–Crippen LogP) is 1.06. The summed E-state index contributed by atoms with van der Waals surface area (Å²) < 4.78 is 32.9.